The van der Waals surface area contributed by atoms with Gasteiger partial charge in [0.15, 0.2) is 0 Å². The van der Waals surface area contributed by atoms with Crippen LogP contribution in [0.15, 0.2) is 53.4 Å². The zero-order chi connectivity index (χ0) is 17.4. The van der Waals surface area contributed by atoms with Gasteiger partial charge in [-0.25, -0.2) is 8.42 Å². The zero-order valence-electron chi connectivity index (χ0n) is 14.9. The quantitative estimate of drug-likeness (QED) is 0.384. The van der Waals surface area contributed by atoms with Crippen molar-refractivity contribution in [3.63, 3.8) is 0 Å². The van der Waals surface area contributed by atoms with Crippen LogP contribution in [-0.4, -0.2) is 13.0 Å². The molecule has 0 aliphatic heterocycles. The van der Waals surface area contributed by atoms with Gasteiger partial charge in [0.05, 0.1) is 4.90 Å². The van der Waals surface area contributed by atoms with Crippen LogP contribution in [0.3, 0.4) is 0 Å². The smallest absolute Gasteiger partial charge is 0.744 e. The summed E-state index contributed by atoms with van der Waals surface area (Å²) in [6, 6.07) is 13.8. The van der Waals surface area contributed by atoms with Gasteiger partial charge in [0.25, 0.3) is 0 Å². The Hall–Kier alpha value is -0.850. The van der Waals surface area contributed by atoms with E-state index in [0.29, 0.717) is 23.5 Å². The maximum atomic E-state index is 11.6. The summed E-state index contributed by atoms with van der Waals surface area (Å²) < 4.78 is 40.6. The van der Waals surface area contributed by atoms with Gasteiger partial charge in [0.2, 0.25) is 0 Å². The first-order chi connectivity index (χ1) is 11.5. The Bertz CT molecular complexity index is 745. The molecule has 0 saturated carbocycles. The molecule has 0 fully saturated rings. The van der Waals surface area contributed by atoms with Crippen LogP contribution in [0.1, 0.15) is 44.6 Å². The first kappa shape index (κ1) is 22.2. The molecule has 0 saturated heterocycles. The normalized spacial score (nSPS) is 11.0. The fourth-order valence-corrected chi connectivity index (χ4v) is 3.39. The Balaban J connectivity index is 0.00000312. The molecule has 4 nitrogen and oxygen atoms in total. The van der Waals surface area contributed by atoms with E-state index in [9.17, 15) is 13.0 Å². The van der Waals surface area contributed by atoms with Crippen LogP contribution in [0.2, 0.25) is 0 Å². The average molecular weight is 370 g/mol. The van der Waals surface area contributed by atoms with E-state index in [0.717, 1.165) is 32.1 Å². The van der Waals surface area contributed by atoms with Crippen molar-refractivity contribution in [1.82, 2.24) is 0 Å². The van der Waals surface area contributed by atoms with Gasteiger partial charge in [-0.3, -0.25) is 0 Å². The molecule has 0 N–H and O–H groups in total. The minimum Gasteiger partial charge on any atom is -0.744 e. The largest absolute Gasteiger partial charge is 1.00 e. The summed E-state index contributed by atoms with van der Waals surface area (Å²) in [5.74, 6) is 1.05. The van der Waals surface area contributed by atoms with Crippen LogP contribution < -0.4 is 34.3 Å². The van der Waals surface area contributed by atoms with Crippen molar-refractivity contribution in [3.8, 4) is 11.5 Å². The summed E-state index contributed by atoms with van der Waals surface area (Å²) >= 11 is 0. The van der Waals surface area contributed by atoms with E-state index < -0.39 is 10.1 Å². The zero-order valence-corrected chi connectivity index (χ0v) is 17.7. The first-order valence-corrected chi connectivity index (χ1v) is 9.74. The van der Waals surface area contributed by atoms with Crippen LogP contribution in [0.5, 0.6) is 11.5 Å². The molecule has 0 aromatic heterocycles. The van der Waals surface area contributed by atoms with E-state index in [-0.39, 0.29) is 34.5 Å². The summed E-state index contributed by atoms with van der Waals surface area (Å²) in [5, 5.41) is 0. The van der Waals surface area contributed by atoms with Crippen molar-refractivity contribution >= 4 is 10.1 Å². The molecule has 0 radical (unpaired) electrons. The monoisotopic (exact) mass is 370 g/mol. The van der Waals surface area contributed by atoms with Gasteiger partial charge < -0.3 is 9.29 Å². The standard InChI is InChI=1S/C19H24O4S.Na/c1-2-3-4-5-9-13-17-18(23-16-11-7-6-8-12-16)14-10-15-19(17)24(20,21)22;/h6-8,10-12,14-15H,2-5,9,13H2,1H3,(H,20,21,22);/q;+1/p-1. The number of ether oxygens (including phenoxy) is 1. The Morgan fingerprint density at radius 1 is 0.920 bits per heavy atom. The van der Waals surface area contributed by atoms with E-state index in [1.54, 1.807) is 24.3 Å². The minimum absolute atomic E-state index is 0. The van der Waals surface area contributed by atoms with E-state index in [1.165, 1.54) is 6.07 Å². The molecule has 0 aliphatic rings. The van der Waals surface area contributed by atoms with Gasteiger partial charge in [-0.1, -0.05) is 56.9 Å². The van der Waals surface area contributed by atoms with Gasteiger partial charge >= 0.3 is 29.6 Å². The van der Waals surface area contributed by atoms with Crippen molar-refractivity contribution < 1.29 is 47.3 Å². The van der Waals surface area contributed by atoms with Gasteiger partial charge in [-0.2, -0.15) is 0 Å². The Morgan fingerprint density at radius 3 is 2.24 bits per heavy atom. The molecule has 6 heteroatoms. The van der Waals surface area contributed by atoms with Crippen LogP contribution in [0, 0.1) is 0 Å². The molecule has 0 unspecified atom stereocenters. The molecule has 0 spiro atoms. The molecule has 0 aliphatic carbocycles. The fourth-order valence-electron chi connectivity index (χ4n) is 2.64. The van der Waals surface area contributed by atoms with Crippen molar-refractivity contribution in [1.29, 1.82) is 0 Å². The van der Waals surface area contributed by atoms with Crippen molar-refractivity contribution in [2.24, 2.45) is 0 Å². The number of benzene rings is 2. The van der Waals surface area contributed by atoms with E-state index in [2.05, 4.69) is 6.92 Å². The number of hydrogen-bond acceptors (Lipinski definition) is 4. The summed E-state index contributed by atoms with van der Waals surface area (Å²) in [4.78, 5) is -0.175. The SMILES string of the molecule is CCCCCCCc1c(Oc2ccccc2)cccc1S(=O)(=O)[O-].[Na+]. The van der Waals surface area contributed by atoms with Gasteiger partial charge in [0, 0.05) is 5.56 Å². The van der Waals surface area contributed by atoms with E-state index >= 15 is 0 Å². The van der Waals surface area contributed by atoms with Crippen LogP contribution in [-0.2, 0) is 16.5 Å². The summed E-state index contributed by atoms with van der Waals surface area (Å²) in [6.45, 7) is 2.14. The Kier molecular flexibility index (Phi) is 9.75. The van der Waals surface area contributed by atoms with Crippen molar-refractivity contribution in [2.75, 3.05) is 0 Å². The molecule has 0 bridgehead atoms. The second-order valence-electron chi connectivity index (χ2n) is 5.77. The third-order valence-electron chi connectivity index (χ3n) is 3.86. The molecule has 0 amide bonds. The Morgan fingerprint density at radius 2 is 1.60 bits per heavy atom. The fraction of sp³-hybridized carbons (Fsp3) is 0.368. The van der Waals surface area contributed by atoms with E-state index in [1.807, 2.05) is 18.2 Å². The predicted molar refractivity (Wildman–Crippen MR) is 93.4 cm³/mol. The maximum Gasteiger partial charge on any atom is 1.00 e. The summed E-state index contributed by atoms with van der Waals surface area (Å²) in [7, 11) is -4.53. The van der Waals surface area contributed by atoms with Crippen molar-refractivity contribution in [2.45, 2.75) is 50.3 Å². The topological polar surface area (TPSA) is 66.4 Å². The van der Waals surface area contributed by atoms with Crippen LogP contribution in [0.4, 0.5) is 0 Å². The average Bonchev–Trinajstić information content (AvgIpc) is 2.55. The number of rotatable bonds is 9. The third-order valence-corrected chi connectivity index (χ3v) is 4.78. The molecule has 0 atom stereocenters. The molecule has 130 valence electrons. The second-order valence-corrected chi connectivity index (χ2v) is 7.11. The number of unbranched alkanes of at least 4 members (excludes halogenated alkanes) is 4. The number of hydrogen-bond donors (Lipinski definition) is 0. The molecule has 2 aromatic carbocycles. The van der Waals surface area contributed by atoms with Gasteiger partial charge in [0.1, 0.15) is 21.6 Å². The molecule has 2 aromatic rings. The van der Waals surface area contributed by atoms with Crippen LogP contribution >= 0.6 is 0 Å². The predicted octanol–water partition coefficient (Wildman–Crippen LogP) is 1.90. The van der Waals surface area contributed by atoms with E-state index in [4.69, 9.17) is 4.74 Å². The molecule has 2 rings (SSSR count). The third kappa shape index (κ3) is 7.12. The molecular formula is C19H23NaO4S. The van der Waals surface area contributed by atoms with Gasteiger partial charge in [-0.15, -0.1) is 0 Å². The maximum absolute atomic E-state index is 11.6. The van der Waals surface area contributed by atoms with Crippen molar-refractivity contribution in [3.05, 3.63) is 54.1 Å². The minimum atomic E-state index is -4.53. The van der Waals surface area contributed by atoms with Crippen LogP contribution in [0.25, 0.3) is 0 Å². The number of para-hydroxylation sites is 1. The van der Waals surface area contributed by atoms with Gasteiger partial charge in [-0.05, 0) is 37.1 Å². The molecule has 25 heavy (non-hydrogen) atoms. The Labute approximate surface area is 172 Å². The molecular weight excluding hydrogens is 347 g/mol. The summed E-state index contributed by atoms with van der Waals surface area (Å²) in [5.41, 5.74) is 0.479. The summed E-state index contributed by atoms with van der Waals surface area (Å²) in [6.07, 6.45) is 5.77. The molecule has 0 heterocycles. The second kappa shape index (κ2) is 11.0. The first-order valence-electron chi connectivity index (χ1n) is 8.33.